The van der Waals surface area contributed by atoms with E-state index >= 15 is 0 Å². The van der Waals surface area contributed by atoms with Gasteiger partial charge in [0.2, 0.25) is 0 Å². The molecule has 72 valence electrons. The summed E-state index contributed by atoms with van der Waals surface area (Å²) in [7, 11) is -2.81. The molecule has 0 radical (unpaired) electrons. The molecule has 2 atom stereocenters. The van der Waals surface area contributed by atoms with Crippen molar-refractivity contribution >= 4 is 22.2 Å². The predicted molar refractivity (Wildman–Crippen MR) is 47.4 cm³/mol. The van der Waals surface area contributed by atoms with E-state index in [2.05, 4.69) is 5.32 Å². The number of halogens is 1. The summed E-state index contributed by atoms with van der Waals surface area (Å²) in [4.78, 5) is 0. The van der Waals surface area contributed by atoms with Gasteiger partial charge in [-0.1, -0.05) is 0 Å². The highest BCUT2D eigenvalue weighted by Crippen LogP contribution is 2.15. The molecule has 2 unspecified atom stereocenters. The first-order chi connectivity index (χ1) is 5.16. The lowest BCUT2D eigenvalue weighted by Crippen LogP contribution is -2.54. The maximum atomic E-state index is 11.2. The number of fused-ring (bicyclic) bond motifs is 2. The van der Waals surface area contributed by atoms with Gasteiger partial charge in [-0.25, -0.2) is 8.42 Å². The highest BCUT2D eigenvalue weighted by atomic mass is 35.5. The molecule has 2 saturated heterocycles. The van der Waals surface area contributed by atoms with E-state index in [0.717, 1.165) is 0 Å². The van der Waals surface area contributed by atoms with Crippen LogP contribution in [0.3, 0.4) is 0 Å². The van der Waals surface area contributed by atoms with Gasteiger partial charge in [0.1, 0.15) is 0 Å². The largest absolute Gasteiger partial charge is 0.370 e. The third-order valence-corrected chi connectivity index (χ3v) is 3.77. The first kappa shape index (κ1) is 10.2. The molecule has 0 aromatic rings. The summed E-state index contributed by atoms with van der Waals surface area (Å²) < 4.78 is 27.7. The Morgan fingerprint density at radius 2 is 1.67 bits per heavy atom. The van der Waals surface area contributed by atoms with Gasteiger partial charge in [-0.15, -0.1) is 12.4 Å². The molecule has 6 heteroatoms. The molecule has 12 heavy (non-hydrogen) atoms. The normalized spacial score (nSPS) is 38.3. The number of sulfone groups is 1. The number of morpholine rings is 1. The fourth-order valence-corrected chi connectivity index (χ4v) is 3.27. The van der Waals surface area contributed by atoms with Crippen molar-refractivity contribution in [2.75, 3.05) is 24.6 Å². The zero-order chi connectivity index (χ0) is 7.90. The minimum atomic E-state index is -2.81. The van der Waals surface area contributed by atoms with Crippen LogP contribution in [0.25, 0.3) is 0 Å². The monoisotopic (exact) mass is 213 g/mol. The summed E-state index contributed by atoms with van der Waals surface area (Å²) in [6.45, 7) is 1.35. The first-order valence-electron chi connectivity index (χ1n) is 3.72. The van der Waals surface area contributed by atoms with Gasteiger partial charge in [-0.2, -0.15) is 0 Å². The first-order valence-corrected chi connectivity index (χ1v) is 5.54. The van der Waals surface area contributed by atoms with E-state index in [0.29, 0.717) is 13.1 Å². The standard InChI is InChI=1S/C6H11NO3S.ClH/c8-11(9)3-5-1-7-2-6(4-11)10-5;/h5-7H,1-4H2;1H. The summed E-state index contributed by atoms with van der Waals surface area (Å²) >= 11 is 0. The Morgan fingerprint density at radius 1 is 1.17 bits per heavy atom. The third-order valence-electron chi connectivity index (χ3n) is 2.01. The molecule has 0 aromatic heterocycles. The molecule has 2 bridgehead atoms. The Labute approximate surface area is 78.0 Å². The van der Waals surface area contributed by atoms with E-state index in [-0.39, 0.29) is 36.1 Å². The van der Waals surface area contributed by atoms with Crippen molar-refractivity contribution < 1.29 is 13.2 Å². The van der Waals surface area contributed by atoms with Crippen LogP contribution in [0.4, 0.5) is 0 Å². The van der Waals surface area contributed by atoms with E-state index in [1.165, 1.54) is 0 Å². The molecule has 0 spiro atoms. The van der Waals surface area contributed by atoms with Crippen LogP contribution < -0.4 is 5.32 Å². The molecule has 2 aliphatic rings. The number of hydrogen-bond acceptors (Lipinski definition) is 4. The van der Waals surface area contributed by atoms with Crippen LogP contribution in [0.2, 0.25) is 0 Å². The van der Waals surface area contributed by atoms with Crippen LogP contribution in [-0.2, 0) is 14.6 Å². The highest BCUT2D eigenvalue weighted by molar-refractivity contribution is 7.91. The van der Waals surface area contributed by atoms with Gasteiger partial charge in [0.25, 0.3) is 0 Å². The zero-order valence-corrected chi connectivity index (χ0v) is 8.16. The number of ether oxygens (including phenoxy) is 1. The minimum Gasteiger partial charge on any atom is -0.370 e. The fraction of sp³-hybridized carbons (Fsp3) is 1.00. The van der Waals surface area contributed by atoms with Gasteiger partial charge in [-0.05, 0) is 0 Å². The molecule has 4 nitrogen and oxygen atoms in total. The van der Waals surface area contributed by atoms with E-state index in [9.17, 15) is 8.42 Å². The third kappa shape index (κ3) is 2.10. The van der Waals surface area contributed by atoms with Crippen LogP contribution in [-0.4, -0.2) is 45.2 Å². The Hall–Kier alpha value is 0.160. The van der Waals surface area contributed by atoms with Crippen LogP contribution in [0.15, 0.2) is 0 Å². The van der Waals surface area contributed by atoms with Crippen LogP contribution in [0.1, 0.15) is 0 Å². The van der Waals surface area contributed by atoms with Crippen molar-refractivity contribution in [2.24, 2.45) is 0 Å². The molecule has 0 saturated carbocycles. The van der Waals surface area contributed by atoms with Crippen LogP contribution in [0.5, 0.6) is 0 Å². The van der Waals surface area contributed by atoms with Crippen molar-refractivity contribution in [3.63, 3.8) is 0 Å². The van der Waals surface area contributed by atoms with Gasteiger partial charge in [0, 0.05) is 13.1 Å². The molecular formula is C6H12ClNO3S. The SMILES string of the molecule is Cl.O=S1(=O)CC2CNCC(C1)O2. The summed E-state index contributed by atoms with van der Waals surface area (Å²) in [5.41, 5.74) is 0. The Bertz CT molecular complexity index is 236. The van der Waals surface area contributed by atoms with E-state index in [4.69, 9.17) is 4.74 Å². The topological polar surface area (TPSA) is 55.4 Å². The summed E-state index contributed by atoms with van der Waals surface area (Å²) in [6, 6.07) is 0. The molecule has 2 rings (SSSR count). The second kappa shape index (κ2) is 3.49. The average molecular weight is 214 g/mol. The molecule has 2 fully saturated rings. The predicted octanol–water partition coefficient (Wildman–Crippen LogP) is -0.806. The summed E-state index contributed by atoms with van der Waals surface area (Å²) in [5, 5.41) is 3.14. The molecular weight excluding hydrogens is 202 g/mol. The molecule has 1 N–H and O–H groups in total. The molecule has 0 aliphatic carbocycles. The van der Waals surface area contributed by atoms with Crippen LogP contribution >= 0.6 is 12.4 Å². The second-order valence-corrected chi connectivity index (χ2v) is 5.27. The van der Waals surface area contributed by atoms with E-state index < -0.39 is 9.84 Å². The summed E-state index contributed by atoms with van der Waals surface area (Å²) in [6.07, 6.45) is -0.208. The highest BCUT2D eigenvalue weighted by Gasteiger charge is 2.34. The number of rotatable bonds is 0. The number of hydrogen-bond donors (Lipinski definition) is 1. The van der Waals surface area contributed by atoms with Gasteiger partial charge in [0.15, 0.2) is 9.84 Å². The maximum absolute atomic E-state index is 11.2. The Balaban J connectivity index is 0.000000720. The molecule has 0 amide bonds. The lowest BCUT2D eigenvalue weighted by atomic mass is 10.3. The van der Waals surface area contributed by atoms with E-state index in [1.807, 2.05) is 0 Å². The van der Waals surface area contributed by atoms with Crippen molar-refractivity contribution in [3.8, 4) is 0 Å². The zero-order valence-electron chi connectivity index (χ0n) is 6.52. The van der Waals surface area contributed by atoms with Crippen LogP contribution in [0, 0.1) is 0 Å². The lowest BCUT2D eigenvalue weighted by molar-refractivity contribution is -0.0204. The summed E-state index contributed by atoms with van der Waals surface area (Å²) in [5.74, 6) is 0.382. The maximum Gasteiger partial charge on any atom is 0.155 e. The van der Waals surface area contributed by atoms with Crippen molar-refractivity contribution in [1.29, 1.82) is 0 Å². The Kier molecular flexibility index (Phi) is 2.98. The van der Waals surface area contributed by atoms with Gasteiger partial charge in [0.05, 0.1) is 23.7 Å². The van der Waals surface area contributed by atoms with E-state index in [1.54, 1.807) is 0 Å². The molecule has 2 heterocycles. The quantitative estimate of drug-likeness (QED) is 0.572. The van der Waals surface area contributed by atoms with Crippen molar-refractivity contribution in [3.05, 3.63) is 0 Å². The minimum absolute atomic E-state index is 0. The molecule has 2 aliphatic heterocycles. The van der Waals surface area contributed by atoms with Gasteiger partial charge < -0.3 is 10.1 Å². The van der Waals surface area contributed by atoms with Gasteiger partial charge >= 0.3 is 0 Å². The average Bonchev–Trinajstić information content (AvgIpc) is 1.82. The van der Waals surface area contributed by atoms with Gasteiger partial charge in [-0.3, -0.25) is 0 Å². The fourth-order valence-electron chi connectivity index (χ4n) is 1.60. The Morgan fingerprint density at radius 3 is 2.17 bits per heavy atom. The lowest BCUT2D eigenvalue weighted by Gasteiger charge is -2.34. The number of nitrogens with one attached hydrogen (secondary N) is 1. The van der Waals surface area contributed by atoms with Crippen molar-refractivity contribution in [1.82, 2.24) is 5.32 Å². The smallest absolute Gasteiger partial charge is 0.155 e. The molecule has 0 aromatic carbocycles. The van der Waals surface area contributed by atoms with Crippen molar-refractivity contribution in [2.45, 2.75) is 12.2 Å². The second-order valence-electron chi connectivity index (χ2n) is 3.12.